The summed E-state index contributed by atoms with van der Waals surface area (Å²) in [4.78, 5) is 9.52. The topological polar surface area (TPSA) is 31.4 Å². The van der Waals surface area contributed by atoms with Crippen LogP contribution in [0.15, 0.2) is 35.7 Å². The van der Waals surface area contributed by atoms with Gasteiger partial charge in [-0.05, 0) is 19.2 Å². The Morgan fingerprint density at radius 1 is 1.10 bits per heavy atom. The number of aromatic nitrogens is 1. The van der Waals surface area contributed by atoms with Gasteiger partial charge in [-0.25, -0.2) is 4.98 Å². The molecule has 0 unspecified atom stereocenters. The number of thiazole rings is 1. The maximum absolute atomic E-state index is 4.68. The quantitative estimate of drug-likeness (QED) is 0.934. The molecule has 1 aromatic heterocycles. The lowest BCUT2D eigenvalue weighted by Crippen LogP contribution is -2.46. The van der Waals surface area contributed by atoms with E-state index in [1.165, 1.54) is 5.69 Å². The molecule has 0 saturated carbocycles. The molecule has 1 N–H and O–H groups in total. The van der Waals surface area contributed by atoms with Crippen LogP contribution in [0, 0.1) is 0 Å². The van der Waals surface area contributed by atoms with E-state index in [1.54, 1.807) is 11.3 Å². The van der Waals surface area contributed by atoms with Gasteiger partial charge >= 0.3 is 0 Å². The van der Waals surface area contributed by atoms with Gasteiger partial charge in [0.2, 0.25) is 0 Å². The number of benzene rings is 1. The molecule has 2 heterocycles. The van der Waals surface area contributed by atoms with E-state index in [-0.39, 0.29) is 0 Å². The summed E-state index contributed by atoms with van der Waals surface area (Å²) in [6.45, 7) is 5.05. The molecule has 0 atom stereocenters. The molecule has 0 spiro atoms. The minimum absolute atomic E-state index is 0.848. The smallest absolute Gasteiger partial charge is 0.185 e. The van der Waals surface area contributed by atoms with Crippen molar-refractivity contribution in [1.29, 1.82) is 0 Å². The number of rotatable bonds is 4. The summed E-state index contributed by atoms with van der Waals surface area (Å²) in [7, 11) is 1.96. The van der Waals surface area contributed by atoms with Gasteiger partial charge in [0, 0.05) is 43.8 Å². The number of hydrogen-bond acceptors (Lipinski definition) is 5. The monoisotopic (exact) mass is 288 g/mol. The first-order valence-corrected chi connectivity index (χ1v) is 7.89. The van der Waals surface area contributed by atoms with Crippen molar-refractivity contribution in [2.45, 2.75) is 6.54 Å². The highest BCUT2D eigenvalue weighted by Gasteiger charge is 2.19. The minimum Gasteiger partial charge on any atom is -0.368 e. The van der Waals surface area contributed by atoms with Crippen LogP contribution >= 0.6 is 11.3 Å². The van der Waals surface area contributed by atoms with Crippen LogP contribution in [-0.2, 0) is 6.54 Å². The Morgan fingerprint density at radius 3 is 2.50 bits per heavy atom. The zero-order chi connectivity index (χ0) is 13.8. The van der Waals surface area contributed by atoms with Crippen LogP contribution in [0.4, 0.5) is 10.8 Å². The molecule has 4 nitrogen and oxygen atoms in total. The maximum atomic E-state index is 4.68. The summed E-state index contributed by atoms with van der Waals surface area (Å²) in [6, 6.07) is 10.6. The van der Waals surface area contributed by atoms with Crippen molar-refractivity contribution in [2.75, 3.05) is 43.0 Å². The first-order valence-electron chi connectivity index (χ1n) is 7.01. The fourth-order valence-electron chi connectivity index (χ4n) is 2.50. The van der Waals surface area contributed by atoms with E-state index < -0.39 is 0 Å². The van der Waals surface area contributed by atoms with Gasteiger partial charge in [-0.15, -0.1) is 11.3 Å². The van der Waals surface area contributed by atoms with Gasteiger partial charge in [0.25, 0.3) is 0 Å². The lowest BCUT2D eigenvalue weighted by atomic mass is 10.2. The lowest BCUT2D eigenvalue weighted by molar-refractivity contribution is 0.650. The molecule has 106 valence electrons. The Hall–Kier alpha value is -1.59. The third kappa shape index (κ3) is 2.94. The fourth-order valence-corrected chi connectivity index (χ4v) is 3.38. The summed E-state index contributed by atoms with van der Waals surface area (Å²) < 4.78 is 0. The molecular weight excluding hydrogens is 268 g/mol. The lowest BCUT2D eigenvalue weighted by Gasteiger charge is -2.36. The van der Waals surface area contributed by atoms with Gasteiger partial charge in [0.05, 0.1) is 5.69 Å². The van der Waals surface area contributed by atoms with E-state index in [0.717, 1.165) is 43.5 Å². The molecule has 1 aliphatic rings. The molecule has 1 fully saturated rings. The van der Waals surface area contributed by atoms with Gasteiger partial charge in [-0.1, -0.05) is 18.2 Å². The first kappa shape index (κ1) is 13.4. The van der Waals surface area contributed by atoms with Crippen LogP contribution in [0.1, 0.15) is 5.69 Å². The van der Waals surface area contributed by atoms with Crippen LogP contribution in [0.25, 0.3) is 0 Å². The molecule has 0 amide bonds. The highest BCUT2D eigenvalue weighted by molar-refractivity contribution is 7.13. The predicted octanol–water partition coefficient (Wildman–Crippen LogP) is 2.19. The van der Waals surface area contributed by atoms with Crippen molar-refractivity contribution in [3.05, 3.63) is 41.4 Å². The van der Waals surface area contributed by atoms with Gasteiger partial charge in [0.1, 0.15) is 0 Å². The molecule has 0 bridgehead atoms. The van der Waals surface area contributed by atoms with E-state index in [9.17, 15) is 0 Å². The fraction of sp³-hybridized carbons (Fsp3) is 0.400. The second-order valence-electron chi connectivity index (χ2n) is 4.96. The van der Waals surface area contributed by atoms with Crippen molar-refractivity contribution in [1.82, 2.24) is 10.3 Å². The molecule has 0 radical (unpaired) electrons. The Balaban J connectivity index is 1.60. The van der Waals surface area contributed by atoms with Crippen molar-refractivity contribution in [3.8, 4) is 0 Å². The molecule has 20 heavy (non-hydrogen) atoms. The van der Waals surface area contributed by atoms with E-state index in [1.807, 2.05) is 7.05 Å². The number of piperazine rings is 1. The summed E-state index contributed by atoms with van der Waals surface area (Å²) >= 11 is 1.75. The van der Waals surface area contributed by atoms with Crippen LogP contribution in [0.5, 0.6) is 0 Å². The average molecular weight is 288 g/mol. The third-order valence-corrected chi connectivity index (χ3v) is 4.52. The van der Waals surface area contributed by atoms with E-state index in [2.05, 4.69) is 55.8 Å². The largest absolute Gasteiger partial charge is 0.368 e. The molecule has 5 heteroatoms. The Kier molecular flexibility index (Phi) is 4.18. The average Bonchev–Trinajstić information content (AvgIpc) is 2.97. The van der Waals surface area contributed by atoms with Crippen LogP contribution in [-0.4, -0.2) is 38.2 Å². The number of hydrogen-bond donors (Lipinski definition) is 1. The van der Waals surface area contributed by atoms with Gasteiger partial charge in [-0.3, -0.25) is 0 Å². The number of nitrogens with zero attached hydrogens (tertiary/aromatic N) is 3. The predicted molar refractivity (Wildman–Crippen MR) is 85.7 cm³/mol. The van der Waals surface area contributed by atoms with Crippen molar-refractivity contribution < 1.29 is 0 Å². The second-order valence-corrected chi connectivity index (χ2v) is 5.80. The number of para-hydroxylation sites is 1. The van der Waals surface area contributed by atoms with E-state index in [4.69, 9.17) is 0 Å². The van der Waals surface area contributed by atoms with Crippen LogP contribution < -0.4 is 15.1 Å². The van der Waals surface area contributed by atoms with Crippen molar-refractivity contribution >= 4 is 22.2 Å². The van der Waals surface area contributed by atoms with E-state index in [0.29, 0.717) is 0 Å². The van der Waals surface area contributed by atoms with Crippen molar-refractivity contribution in [2.24, 2.45) is 0 Å². The first-order chi connectivity index (χ1) is 9.86. The Labute approximate surface area is 124 Å². The molecular formula is C15H20N4S. The molecule has 1 saturated heterocycles. The maximum Gasteiger partial charge on any atom is 0.185 e. The second kappa shape index (κ2) is 6.24. The standard InChI is InChI=1S/C15H20N4S/c1-16-11-13-12-20-15(17-13)19-9-7-18(8-10-19)14-5-3-2-4-6-14/h2-6,12,16H,7-11H2,1H3. The highest BCUT2D eigenvalue weighted by atomic mass is 32.1. The summed E-state index contributed by atoms with van der Waals surface area (Å²) in [6.07, 6.45) is 0. The van der Waals surface area contributed by atoms with Gasteiger partial charge in [-0.2, -0.15) is 0 Å². The van der Waals surface area contributed by atoms with E-state index >= 15 is 0 Å². The van der Waals surface area contributed by atoms with Crippen LogP contribution in [0.2, 0.25) is 0 Å². The van der Waals surface area contributed by atoms with Crippen LogP contribution in [0.3, 0.4) is 0 Å². The zero-order valence-corrected chi connectivity index (χ0v) is 12.6. The molecule has 2 aromatic rings. The summed E-state index contributed by atoms with van der Waals surface area (Å²) in [5.74, 6) is 0. The molecule has 1 aromatic carbocycles. The van der Waals surface area contributed by atoms with Gasteiger partial charge < -0.3 is 15.1 Å². The molecule has 0 aliphatic carbocycles. The van der Waals surface area contributed by atoms with Gasteiger partial charge in [0.15, 0.2) is 5.13 Å². The minimum atomic E-state index is 0.848. The van der Waals surface area contributed by atoms with Crippen molar-refractivity contribution in [3.63, 3.8) is 0 Å². The summed E-state index contributed by atoms with van der Waals surface area (Å²) in [5.41, 5.74) is 2.46. The number of anilines is 2. The molecule has 3 rings (SSSR count). The Bertz CT molecular complexity index is 532. The zero-order valence-electron chi connectivity index (χ0n) is 11.7. The normalized spacial score (nSPS) is 15.7. The number of nitrogens with one attached hydrogen (secondary N) is 1. The summed E-state index contributed by atoms with van der Waals surface area (Å²) in [5, 5.41) is 6.45. The highest BCUT2D eigenvalue weighted by Crippen LogP contribution is 2.23. The molecule has 1 aliphatic heterocycles. The third-order valence-electron chi connectivity index (χ3n) is 3.57. The Morgan fingerprint density at radius 2 is 1.80 bits per heavy atom. The SMILES string of the molecule is CNCc1csc(N2CCN(c3ccccc3)CC2)n1.